The Balaban J connectivity index is 1.66. The average Bonchev–Trinajstić information content (AvgIpc) is 3.39. The van der Waals surface area contributed by atoms with Gasteiger partial charge in [-0.15, -0.1) is 0 Å². The first kappa shape index (κ1) is 36.1. The van der Waals surface area contributed by atoms with E-state index in [4.69, 9.17) is 29.2 Å². The fourth-order valence-electron chi connectivity index (χ4n) is 5.16. The second-order valence-corrected chi connectivity index (χ2v) is 13.0. The van der Waals surface area contributed by atoms with Crippen LogP contribution in [0.2, 0.25) is 0 Å². The number of rotatable bonds is 16. The highest BCUT2D eigenvalue weighted by atomic mass is 31.2. The van der Waals surface area contributed by atoms with Gasteiger partial charge in [0.1, 0.15) is 29.7 Å². The quantitative estimate of drug-likeness (QED) is 0.0899. The van der Waals surface area contributed by atoms with Crippen LogP contribution in [0, 0.1) is 0 Å². The van der Waals surface area contributed by atoms with Crippen molar-refractivity contribution in [3.05, 3.63) is 59.9 Å². The third-order valence-electron chi connectivity index (χ3n) is 7.23. The number of carbonyl (C=O) groups is 1. The number of fused-ring (bicyclic) bond motifs is 3. The van der Waals surface area contributed by atoms with E-state index in [1.54, 1.807) is 13.8 Å². The van der Waals surface area contributed by atoms with Gasteiger partial charge in [0.2, 0.25) is 0 Å². The highest BCUT2D eigenvalue weighted by molar-refractivity contribution is 7.52. The molecule has 0 aliphatic heterocycles. The normalized spacial score (nSPS) is 14.7. The summed E-state index contributed by atoms with van der Waals surface area (Å²) < 4.78 is 78.0. The molecule has 4 aromatic rings. The summed E-state index contributed by atoms with van der Waals surface area (Å²) in [5.41, 5.74) is 7.48. The number of hydrogen-bond donors (Lipinski definition) is 2. The number of hydrogen-bond acceptors (Lipinski definition) is 9. The highest BCUT2D eigenvalue weighted by Crippen LogP contribution is 2.46. The summed E-state index contributed by atoms with van der Waals surface area (Å²) in [6, 6.07) is 9.94. The molecular weight excluding hydrogens is 638 g/mol. The van der Waals surface area contributed by atoms with E-state index >= 15 is 0 Å². The molecule has 0 unspecified atom stereocenters. The molecule has 0 fully saturated rings. The molecule has 47 heavy (non-hydrogen) atoms. The summed E-state index contributed by atoms with van der Waals surface area (Å²) in [5, 5.41) is 3.43. The number of imidazole rings is 1. The number of esters is 1. The predicted molar refractivity (Wildman–Crippen MR) is 173 cm³/mol. The summed E-state index contributed by atoms with van der Waals surface area (Å²) in [5.74, 6) is 0.0739. The molecule has 4 rings (SSSR count). The fourth-order valence-corrected chi connectivity index (χ4v) is 6.66. The zero-order valence-electron chi connectivity index (χ0n) is 27.0. The lowest BCUT2D eigenvalue weighted by atomic mass is 10.1. The molecular formula is C32H41F3N5O6P. The Morgan fingerprint density at radius 2 is 1.74 bits per heavy atom. The minimum absolute atomic E-state index is 0.117. The smallest absolute Gasteiger partial charge is 0.459 e. The number of pyridine rings is 1. The van der Waals surface area contributed by atoms with Gasteiger partial charge in [0, 0.05) is 18.0 Å². The maximum Gasteiger partial charge on any atom is 0.459 e. The Kier molecular flexibility index (Phi) is 11.9. The van der Waals surface area contributed by atoms with Crippen LogP contribution in [0.25, 0.3) is 21.9 Å². The Bertz CT molecular complexity index is 1710. The molecule has 256 valence electrons. The molecule has 0 saturated carbocycles. The van der Waals surface area contributed by atoms with Crippen LogP contribution >= 0.6 is 7.75 Å². The molecule has 2 aromatic heterocycles. The Morgan fingerprint density at radius 1 is 1.04 bits per heavy atom. The maximum atomic E-state index is 14.1. The van der Waals surface area contributed by atoms with Crippen molar-refractivity contribution in [2.45, 2.75) is 84.9 Å². The number of benzene rings is 2. The number of aromatic nitrogens is 3. The zero-order valence-corrected chi connectivity index (χ0v) is 27.9. The fraction of sp³-hybridized carbons (Fsp3) is 0.469. The number of anilines is 1. The Labute approximate surface area is 271 Å². The van der Waals surface area contributed by atoms with Crippen molar-refractivity contribution < 1.29 is 41.1 Å². The lowest BCUT2D eigenvalue weighted by molar-refractivity contribution is -0.149. The van der Waals surface area contributed by atoms with Gasteiger partial charge in [-0.05, 0) is 70.9 Å². The number of nitrogens with one attached hydrogen (secondary N) is 1. The molecule has 0 spiro atoms. The Hall–Kier alpha value is -3.71. The summed E-state index contributed by atoms with van der Waals surface area (Å²) in [7, 11) is -4.34. The first-order valence-corrected chi connectivity index (χ1v) is 17.0. The minimum atomic E-state index is -4.56. The summed E-state index contributed by atoms with van der Waals surface area (Å²) in [6.45, 7) is 9.24. The van der Waals surface area contributed by atoms with Crippen molar-refractivity contribution >= 4 is 41.5 Å². The van der Waals surface area contributed by atoms with Crippen LogP contribution < -0.4 is 15.3 Å². The van der Waals surface area contributed by atoms with Crippen LogP contribution in [0.15, 0.2) is 48.5 Å². The molecule has 0 radical (unpaired) electrons. The molecule has 2 aromatic carbocycles. The molecule has 2 heterocycles. The number of nitrogens with zero attached hydrogens (tertiary/aromatic N) is 3. The van der Waals surface area contributed by atoms with Crippen LogP contribution in [-0.2, 0) is 36.1 Å². The number of ether oxygens (including phenoxy) is 2. The van der Waals surface area contributed by atoms with Crippen molar-refractivity contribution in [1.29, 1.82) is 0 Å². The SMILES string of the molecule is CCC[C@@H](CCO[P@](=O)(N[C@@H](C)C(=O)OC(C)C)Oc1ccc(C(F)(F)F)cc1)n1c(COCC)nc2c(N)nc3ccccc3c21. The van der Waals surface area contributed by atoms with E-state index in [-0.39, 0.29) is 30.8 Å². The van der Waals surface area contributed by atoms with Gasteiger partial charge in [0.05, 0.1) is 29.3 Å². The molecule has 11 nitrogen and oxygen atoms in total. The first-order chi connectivity index (χ1) is 22.3. The molecule has 0 saturated heterocycles. The standard InChI is InChI=1S/C32H41F3N5O6P/c1-6-10-23(40-27(19-43-7-2)38-28-29(40)25-11-8-9-12-26(25)37-30(28)36)17-18-44-47(42,39-21(5)31(41)45-20(3)4)46-24-15-13-22(14-16-24)32(33,34)35/h8-9,11-16,20-21,23H,6-7,10,17-19H2,1-5H3,(H2,36,37)(H,39,42)/t21-,23-,47+/m0/s1. The maximum absolute atomic E-state index is 14.1. The van der Waals surface area contributed by atoms with Gasteiger partial charge >= 0.3 is 19.9 Å². The topological polar surface area (TPSA) is 140 Å². The van der Waals surface area contributed by atoms with E-state index in [1.807, 2.05) is 38.1 Å². The number of alkyl halides is 3. The van der Waals surface area contributed by atoms with Gasteiger partial charge in [-0.3, -0.25) is 9.32 Å². The van der Waals surface area contributed by atoms with Crippen LogP contribution in [0.3, 0.4) is 0 Å². The summed E-state index contributed by atoms with van der Waals surface area (Å²) in [4.78, 5) is 21.9. The van der Waals surface area contributed by atoms with Crippen LogP contribution in [-0.4, -0.2) is 45.9 Å². The largest absolute Gasteiger partial charge is 0.462 e. The van der Waals surface area contributed by atoms with Crippen molar-refractivity contribution in [3.63, 3.8) is 0 Å². The average molecular weight is 680 g/mol. The second kappa shape index (κ2) is 15.5. The lowest BCUT2D eigenvalue weighted by Crippen LogP contribution is -2.36. The highest BCUT2D eigenvalue weighted by Gasteiger charge is 2.34. The third kappa shape index (κ3) is 9.01. The molecule has 15 heteroatoms. The molecule has 0 bridgehead atoms. The van der Waals surface area contributed by atoms with Crippen LogP contribution in [0.5, 0.6) is 5.75 Å². The van der Waals surface area contributed by atoms with Gasteiger partial charge in [-0.25, -0.2) is 14.5 Å². The van der Waals surface area contributed by atoms with E-state index in [9.17, 15) is 22.5 Å². The monoisotopic (exact) mass is 679 g/mol. The molecule has 3 atom stereocenters. The van der Waals surface area contributed by atoms with Crippen molar-refractivity contribution in [2.24, 2.45) is 0 Å². The number of para-hydroxylation sites is 1. The van der Waals surface area contributed by atoms with E-state index < -0.39 is 37.6 Å². The van der Waals surface area contributed by atoms with Gasteiger partial charge in [-0.1, -0.05) is 31.5 Å². The number of halogens is 3. The van der Waals surface area contributed by atoms with Gasteiger partial charge in [-0.2, -0.15) is 18.3 Å². The first-order valence-electron chi connectivity index (χ1n) is 15.5. The zero-order chi connectivity index (χ0) is 34.4. The van der Waals surface area contributed by atoms with E-state index in [2.05, 4.69) is 14.6 Å². The van der Waals surface area contributed by atoms with Gasteiger partial charge in [0.15, 0.2) is 5.82 Å². The molecule has 0 aliphatic carbocycles. The van der Waals surface area contributed by atoms with Crippen molar-refractivity contribution in [1.82, 2.24) is 19.6 Å². The second-order valence-electron chi connectivity index (χ2n) is 11.3. The predicted octanol–water partition coefficient (Wildman–Crippen LogP) is 7.59. The lowest BCUT2D eigenvalue weighted by Gasteiger charge is -2.26. The van der Waals surface area contributed by atoms with E-state index in [0.717, 1.165) is 41.6 Å². The molecule has 0 aliphatic rings. The van der Waals surface area contributed by atoms with Crippen molar-refractivity contribution in [3.8, 4) is 5.75 Å². The number of nitrogens with two attached hydrogens (primary N) is 1. The summed E-state index contributed by atoms with van der Waals surface area (Å²) >= 11 is 0. The van der Waals surface area contributed by atoms with Gasteiger partial charge in [0.25, 0.3) is 0 Å². The minimum Gasteiger partial charge on any atom is -0.462 e. The molecule has 0 amide bonds. The van der Waals surface area contributed by atoms with Gasteiger partial charge < -0.3 is 24.3 Å². The van der Waals surface area contributed by atoms with Crippen LogP contribution in [0.1, 0.15) is 71.3 Å². The summed E-state index contributed by atoms with van der Waals surface area (Å²) in [6.07, 6.45) is -3.22. The van der Waals surface area contributed by atoms with Crippen LogP contribution in [0.4, 0.5) is 19.0 Å². The third-order valence-corrected chi connectivity index (χ3v) is 8.90. The van der Waals surface area contributed by atoms with E-state index in [1.165, 1.54) is 6.92 Å². The number of carbonyl (C=O) groups excluding carboxylic acids is 1. The Morgan fingerprint density at radius 3 is 2.38 bits per heavy atom. The molecule has 3 N–H and O–H groups in total. The van der Waals surface area contributed by atoms with E-state index in [0.29, 0.717) is 36.3 Å². The number of nitrogen functional groups attached to an aromatic ring is 1. The van der Waals surface area contributed by atoms with Crippen molar-refractivity contribution in [2.75, 3.05) is 18.9 Å².